The van der Waals surface area contributed by atoms with Gasteiger partial charge in [0.2, 0.25) is 0 Å². The highest BCUT2D eigenvalue weighted by Crippen LogP contribution is 2.28. The van der Waals surface area contributed by atoms with Gasteiger partial charge in [-0.3, -0.25) is 0 Å². The summed E-state index contributed by atoms with van der Waals surface area (Å²) in [7, 11) is 1.38. The molecule has 1 aromatic carbocycles. The van der Waals surface area contributed by atoms with E-state index in [4.69, 9.17) is 5.73 Å². The van der Waals surface area contributed by atoms with Crippen molar-refractivity contribution in [3.8, 4) is 0 Å². The standard InChI is InChI=1S/C17H27BN2/c1-12(19)9-20-10-14(11-20)7-16-4-3-15-5-6-18-8-17(15)13(16)2/h3-4,12,14,18H,5-11,19H2,1-2H3. The topological polar surface area (TPSA) is 29.3 Å². The van der Waals surface area contributed by atoms with Gasteiger partial charge in [0.1, 0.15) is 7.28 Å². The fourth-order valence-electron chi connectivity index (χ4n) is 3.96. The molecule has 2 aliphatic heterocycles. The van der Waals surface area contributed by atoms with Crippen LogP contribution < -0.4 is 5.73 Å². The Morgan fingerprint density at radius 1 is 1.40 bits per heavy atom. The predicted molar refractivity (Wildman–Crippen MR) is 87.8 cm³/mol. The Kier molecular flexibility index (Phi) is 4.18. The van der Waals surface area contributed by atoms with Gasteiger partial charge < -0.3 is 10.6 Å². The summed E-state index contributed by atoms with van der Waals surface area (Å²) in [6.45, 7) is 7.97. The summed E-state index contributed by atoms with van der Waals surface area (Å²) in [4.78, 5) is 2.49. The van der Waals surface area contributed by atoms with Crippen LogP contribution in [0.4, 0.5) is 0 Å². The van der Waals surface area contributed by atoms with Crippen LogP contribution in [0.15, 0.2) is 12.1 Å². The molecule has 2 heterocycles. The molecule has 108 valence electrons. The van der Waals surface area contributed by atoms with Crippen molar-refractivity contribution >= 4 is 7.28 Å². The number of nitrogens with zero attached hydrogens (tertiary/aromatic N) is 1. The molecule has 1 atom stereocenters. The van der Waals surface area contributed by atoms with Crippen LogP contribution in [0.2, 0.25) is 6.32 Å². The van der Waals surface area contributed by atoms with E-state index in [-0.39, 0.29) is 0 Å². The lowest BCUT2D eigenvalue weighted by molar-refractivity contribution is 0.0954. The van der Waals surface area contributed by atoms with E-state index in [1.54, 1.807) is 22.3 Å². The number of aryl methyl sites for hydroxylation is 1. The molecule has 0 amide bonds. The van der Waals surface area contributed by atoms with Crippen LogP contribution in [0.5, 0.6) is 0 Å². The Labute approximate surface area is 124 Å². The lowest BCUT2D eigenvalue weighted by Gasteiger charge is -2.40. The fraction of sp³-hybridized carbons (Fsp3) is 0.647. The number of fused-ring (bicyclic) bond motifs is 1. The highest BCUT2D eigenvalue weighted by atomic mass is 15.2. The van der Waals surface area contributed by atoms with E-state index in [9.17, 15) is 0 Å². The fourth-order valence-corrected chi connectivity index (χ4v) is 3.96. The number of hydrogen-bond acceptors (Lipinski definition) is 2. The Morgan fingerprint density at radius 3 is 2.95 bits per heavy atom. The lowest BCUT2D eigenvalue weighted by Crippen LogP contribution is -2.51. The van der Waals surface area contributed by atoms with Crippen molar-refractivity contribution in [3.63, 3.8) is 0 Å². The van der Waals surface area contributed by atoms with E-state index in [0.717, 1.165) is 12.5 Å². The van der Waals surface area contributed by atoms with Gasteiger partial charge in [0.05, 0.1) is 0 Å². The Bertz CT molecular complexity index is 478. The summed E-state index contributed by atoms with van der Waals surface area (Å²) in [5.41, 5.74) is 12.3. The maximum atomic E-state index is 5.86. The molecule has 1 aromatic rings. The molecular weight excluding hydrogens is 243 g/mol. The third-order valence-corrected chi connectivity index (χ3v) is 5.02. The van der Waals surface area contributed by atoms with Crippen LogP contribution in [0.3, 0.4) is 0 Å². The minimum atomic E-state index is 0.307. The Balaban J connectivity index is 1.62. The van der Waals surface area contributed by atoms with Crippen LogP contribution in [-0.2, 0) is 19.2 Å². The summed E-state index contributed by atoms with van der Waals surface area (Å²) in [6.07, 6.45) is 5.23. The van der Waals surface area contributed by atoms with Crippen LogP contribution in [-0.4, -0.2) is 37.9 Å². The average Bonchev–Trinajstić information content (AvgIpc) is 2.39. The van der Waals surface area contributed by atoms with Crippen LogP contribution in [0.25, 0.3) is 0 Å². The Hall–Kier alpha value is -0.795. The lowest BCUT2D eigenvalue weighted by atomic mass is 9.61. The second kappa shape index (κ2) is 5.91. The molecule has 3 heteroatoms. The summed E-state index contributed by atoms with van der Waals surface area (Å²) in [5.74, 6) is 0.842. The number of rotatable bonds is 4. The SMILES string of the molecule is Cc1c(CC2CN(CC(C)N)C2)ccc2c1CBCC2. The molecular formula is C17H27BN2. The molecule has 20 heavy (non-hydrogen) atoms. The van der Waals surface area contributed by atoms with E-state index >= 15 is 0 Å². The third-order valence-electron chi connectivity index (χ3n) is 5.02. The van der Waals surface area contributed by atoms with Gasteiger partial charge in [-0.2, -0.15) is 0 Å². The van der Waals surface area contributed by atoms with Gasteiger partial charge >= 0.3 is 0 Å². The van der Waals surface area contributed by atoms with Crippen LogP contribution >= 0.6 is 0 Å². The number of benzene rings is 1. The van der Waals surface area contributed by atoms with E-state index < -0.39 is 0 Å². The molecule has 1 unspecified atom stereocenters. The largest absolute Gasteiger partial charge is 0.327 e. The zero-order valence-corrected chi connectivity index (χ0v) is 13.0. The van der Waals surface area contributed by atoms with Crippen molar-refractivity contribution in [2.45, 2.75) is 45.4 Å². The molecule has 0 radical (unpaired) electrons. The van der Waals surface area contributed by atoms with Gasteiger partial charge in [-0.15, -0.1) is 0 Å². The van der Waals surface area contributed by atoms with E-state index in [1.807, 2.05) is 0 Å². The third kappa shape index (κ3) is 2.94. The van der Waals surface area contributed by atoms with Crippen LogP contribution in [0, 0.1) is 12.8 Å². The second-order valence-electron chi connectivity index (χ2n) is 6.96. The van der Waals surface area contributed by atoms with Gasteiger partial charge in [-0.25, -0.2) is 0 Å². The molecule has 1 saturated heterocycles. The zero-order valence-electron chi connectivity index (χ0n) is 13.0. The molecule has 1 fully saturated rings. The van der Waals surface area contributed by atoms with Gasteiger partial charge in [-0.1, -0.05) is 24.8 Å². The highest BCUT2D eigenvalue weighted by Gasteiger charge is 2.27. The van der Waals surface area contributed by atoms with E-state index in [2.05, 4.69) is 30.9 Å². The smallest absolute Gasteiger partial charge is 0.126 e. The van der Waals surface area contributed by atoms with Gasteiger partial charge in [-0.05, 0) is 54.9 Å². The normalized spacial score (nSPS) is 20.9. The maximum absolute atomic E-state index is 5.86. The van der Waals surface area contributed by atoms with Crippen molar-refractivity contribution in [3.05, 3.63) is 34.4 Å². The molecule has 0 spiro atoms. The number of nitrogens with two attached hydrogens (primary N) is 1. The van der Waals surface area contributed by atoms with Crippen molar-refractivity contribution in [1.29, 1.82) is 0 Å². The minimum Gasteiger partial charge on any atom is -0.327 e. The van der Waals surface area contributed by atoms with Crippen LogP contribution in [0.1, 0.15) is 29.2 Å². The van der Waals surface area contributed by atoms with E-state index in [1.165, 1.54) is 45.9 Å². The number of hydrogen-bond donors (Lipinski definition) is 1. The molecule has 0 aliphatic carbocycles. The highest BCUT2D eigenvalue weighted by molar-refractivity contribution is 6.35. The average molecular weight is 270 g/mol. The first-order chi connectivity index (χ1) is 9.63. The van der Waals surface area contributed by atoms with Gasteiger partial charge in [0, 0.05) is 25.7 Å². The molecule has 0 bridgehead atoms. The summed E-state index contributed by atoms with van der Waals surface area (Å²) in [5, 5.41) is 0. The van der Waals surface area contributed by atoms with Gasteiger partial charge in [0.15, 0.2) is 0 Å². The van der Waals surface area contributed by atoms with E-state index in [0.29, 0.717) is 6.04 Å². The molecule has 0 aromatic heterocycles. The first kappa shape index (κ1) is 14.2. The molecule has 2 nitrogen and oxygen atoms in total. The van der Waals surface area contributed by atoms with Crippen molar-refractivity contribution in [1.82, 2.24) is 4.90 Å². The first-order valence-corrected chi connectivity index (χ1v) is 8.21. The van der Waals surface area contributed by atoms with Crippen molar-refractivity contribution in [2.24, 2.45) is 11.7 Å². The monoisotopic (exact) mass is 270 g/mol. The zero-order chi connectivity index (χ0) is 14.1. The summed E-state index contributed by atoms with van der Waals surface area (Å²) < 4.78 is 0. The predicted octanol–water partition coefficient (Wildman–Crippen LogP) is 1.73. The minimum absolute atomic E-state index is 0.307. The molecule has 3 rings (SSSR count). The van der Waals surface area contributed by atoms with Gasteiger partial charge in [0.25, 0.3) is 0 Å². The maximum Gasteiger partial charge on any atom is 0.126 e. The van der Waals surface area contributed by atoms with Crippen molar-refractivity contribution in [2.75, 3.05) is 19.6 Å². The Morgan fingerprint density at radius 2 is 2.20 bits per heavy atom. The van der Waals surface area contributed by atoms with Crippen molar-refractivity contribution < 1.29 is 0 Å². The summed E-state index contributed by atoms with van der Waals surface area (Å²) >= 11 is 0. The molecule has 2 aliphatic rings. The quantitative estimate of drug-likeness (QED) is 0.844. The first-order valence-electron chi connectivity index (χ1n) is 8.21. The molecule has 0 saturated carbocycles. The molecule has 2 N–H and O–H groups in total. The summed E-state index contributed by atoms with van der Waals surface area (Å²) in [6, 6.07) is 5.10. The second-order valence-corrected chi connectivity index (χ2v) is 6.96. The number of likely N-dealkylation sites (tertiary alicyclic amines) is 1.